The Labute approximate surface area is 64.9 Å². The van der Waals surface area contributed by atoms with E-state index in [1.807, 2.05) is 0 Å². The number of alkyl halides is 4. The average molecular weight is 189 g/mol. The van der Waals surface area contributed by atoms with Gasteiger partial charge in [0.15, 0.2) is 0 Å². The van der Waals surface area contributed by atoms with Crippen molar-refractivity contribution in [3.05, 3.63) is 0 Å². The van der Waals surface area contributed by atoms with Crippen molar-refractivity contribution < 1.29 is 23.1 Å². The zero-order valence-electron chi connectivity index (χ0n) is 5.15. The van der Waals surface area contributed by atoms with Crippen molar-refractivity contribution in [3.8, 4) is 0 Å². The maximum absolute atomic E-state index is 12.5. The summed E-state index contributed by atoms with van der Waals surface area (Å²) in [5.41, 5.74) is 0. The predicted octanol–water partition coefficient (Wildman–Crippen LogP) is 1.63. The third-order valence-corrected chi connectivity index (χ3v) is 2.22. The van der Waals surface area contributed by atoms with E-state index in [2.05, 4.69) is 11.6 Å². The van der Waals surface area contributed by atoms with E-state index in [-0.39, 0.29) is 0 Å². The van der Waals surface area contributed by atoms with Crippen LogP contribution >= 0.6 is 11.6 Å². The van der Waals surface area contributed by atoms with Crippen molar-refractivity contribution in [1.29, 1.82) is 0 Å². The molecule has 0 spiro atoms. The van der Waals surface area contributed by atoms with Crippen LogP contribution in [0.2, 0.25) is 0 Å². The summed E-state index contributed by atoms with van der Waals surface area (Å²) in [6.07, 6.45) is -1.03. The van der Waals surface area contributed by atoms with E-state index < -0.39 is 29.4 Å². The Kier molecular flexibility index (Phi) is 1.59. The monoisotopic (exact) mass is 188 g/mol. The van der Waals surface area contributed by atoms with Crippen LogP contribution in [0.5, 0.6) is 0 Å². The Balaban J connectivity index is 2.77. The average Bonchev–Trinajstić information content (AvgIpc) is 1.82. The molecule has 0 aromatic carbocycles. The first-order valence-electron chi connectivity index (χ1n) is 2.77. The van der Waals surface area contributed by atoms with E-state index in [1.165, 1.54) is 0 Å². The minimum atomic E-state index is -3.71. The summed E-state index contributed by atoms with van der Waals surface area (Å²) in [5, 5.41) is 4.74. The predicted molar refractivity (Wildman–Crippen MR) is 30.4 cm³/mol. The Morgan fingerprint density at radius 3 is 2.09 bits per heavy atom. The fourth-order valence-electron chi connectivity index (χ4n) is 0.887. The minimum absolute atomic E-state index is 1.03. The van der Waals surface area contributed by atoms with Gasteiger partial charge < -0.3 is 5.11 Å². The molecule has 1 fully saturated rings. The molecule has 0 aromatic heterocycles. The number of carboxylic acid groups (broad SMARTS) is 1. The zero-order chi connectivity index (χ0) is 8.86. The Morgan fingerprint density at radius 1 is 1.55 bits per heavy atom. The number of rotatable bonds is 1. The lowest BCUT2D eigenvalue weighted by molar-refractivity contribution is -0.216. The van der Waals surface area contributed by atoms with Gasteiger partial charge in [-0.05, 0) is 0 Å². The molecule has 2 atom stereocenters. The number of hydrogen-bond donors (Lipinski definition) is 1. The molecule has 6 heteroatoms. The van der Waals surface area contributed by atoms with Crippen molar-refractivity contribution in [2.75, 3.05) is 0 Å². The molecule has 1 saturated carbocycles. The first-order valence-corrected chi connectivity index (χ1v) is 3.15. The maximum atomic E-state index is 12.5. The van der Waals surface area contributed by atoms with Gasteiger partial charge in [0.05, 0.1) is 0 Å². The molecule has 64 valence electrons. The van der Waals surface area contributed by atoms with Gasteiger partial charge in [-0.3, -0.25) is 4.79 Å². The highest BCUT2D eigenvalue weighted by Gasteiger charge is 2.72. The van der Waals surface area contributed by atoms with Crippen molar-refractivity contribution in [1.82, 2.24) is 0 Å². The SMILES string of the molecule is O=C(O)C1CC(F)(F)C1(F)Cl. The summed E-state index contributed by atoms with van der Waals surface area (Å²) >= 11 is 4.66. The minimum Gasteiger partial charge on any atom is -0.481 e. The van der Waals surface area contributed by atoms with Crippen molar-refractivity contribution in [2.45, 2.75) is 17.5 Å². The Morgan fingerprint density at radius 2 is 2.00 bits per heavy atom. The van der Waals surface area contributed by atoms with Crippen molar-refractivity contribution >= 4 is 17.6 Å². The smallest absolute Gasteiger partial charge is 0.311 e. The van der Waals surface area contributed by atoms with E-state index in [9.17, 15) is 18.0 Å². The molecule has 0 saturated heterocycles. The van der Waals surface area contributed by atoms with Crippen molar-refractivity contribution in [3.63, 3.8) is 0 Å². The lowest BCUT2D eigenvalue weighted by Gasteiger charge is -2.42. The molecule has 11 heavy (non-hydrogen) atoms. The zero-order valence-corrected chi connectivity index (χ0v) is 5.91. The second-order valence-corrected chi connectivity index (χ2v) is 2.97. The van der Waals surface area contributed by atoms with E-state index in [4.69, 9.17) is 5.11 Å². The second kappa shape index (κ2) is 2.03. The number of halogens is 4. The summed E-state index contributed by atoms with van der Waals surface area (Å²) in [6, 6.07) is 0. The molecule has 1 rings (SSSR count). The molecule has 0 bridgehead atoms. The number of hydrogen-bond acceptors (Lipinski definition) is 1. The first-order chi connectivity index (χ1) is 4.79. The normalized spacial score (nSPS) is 41.3. The highest BCUT2D eigenvalue weighted by molar-refractivity contribution is 6.25. The molecule has 0 radical (unpaired) electrons. The molecule has 0 aliphatic heterocycles. The van der Waals surface area contributed by atoms with E-state index in [1.54, 1.807) is 0 Å². The summed E-state index contributed by atoms with van der Waals surface area (Å²) in [5.74, 6) is -7.13. The number of carboxylic acids is 1. The first kappa shape index (κ1) is 8.64. The molecule has 1 aliphatic rings. The van der Waals surface area contributed by atoms with E-state index in [0.29, 0.717) is 0 Å². The van der Waals surface area contributed by atoms with Gasteiger partial charge in [0.25, 0.3) is 11.1 Å². The third-order valence-electron chi connectivity index (χ3n) is 1.68. The lowest BCUT2D eigenvalue weighted by atomic mass is 9.78. The van der Waals surface area contributed by atoms with E-state index >= 15 is 0 Å². The quantitative estimate of drug-likeness (QED) is 0.635. The summed E-state index contributed by atoms with van der Waals surface area (Å²) in [4.78, 5) is 10.0. The third kappa shape index (κ3) is 0.982. The largest absolute Gasteiger partial charge is 0.481 e. The highest BCUT2D eigenvalue weighted by atomic mass is 35.5. The number of aliphatic carboxylic acids is 1. The van der Waals surface area contributed by atoms with Gasteiger partial charge in [-0.2, -0.15) is 0 Å². The lowest BCUT2D eigenvalue weighted by Crippen LogP contribution is -2.60. The van der Waals surface area contributed by atoms with Gasteiger partial charge in [-0.1, -0.05) is 11.6 Å². The molecule has 0 heterocycles. The van der Waals surface area contributed by atoms with Crippen LogP contribution in [0.3, 0.4) is 0 Å². The van der Waals surface area contributed by atoms with Crippen LogP contribution in [-0.4, -0.2) is 22.1 Å². The molecular formula is C5H4ClF3O2. The van der Waals surface area contributed by atoms with Crippen LogP contribution in [-0.2, 0) is 4.79 Å². The van der Waals surface area contributed by atoms with Crippen LogP contribution in [0.25, 0.3) is 0 Å². The Bertz CT molecular complexity index is 204. The van der Waals surface area contributed by atoms with Crippen LogP contribution in [0.4, 0.5) is 13.2 Å². The van der Waals surface area contributed by atoms with Crippen molar-refractivity contribution in [2.24, 2.45) is 5.92 Å². The summed E-state index contributed by atoms with van der Waals surface area (Å²) < 4.78 is 36.8. The molecule has 1 aliphatic carbocycles. The standard InChI is InChI=1S/C5H4ClF3O2/c6-5(9)2(3(10)11)1-4(5,7)8/h2H,1H2,(H,10,11). The van der Waals surface area contributed by atoms with Gasteiger partial charge in [-0.25, -0.2) is 13.2 Å². The summed E-state index contributed by atoms with van der Waals surface area (Å²) in [6.45, 7) is 0. The van der Waals surface area contributed by atoms with Crippen LogP contribution < -0.4 is 0 Å². The Hall–Kier alpha value is -0.450. The van der Waals surface area contributed by atoms with Gasteiger partial charge in [0.2, 0.25) is 0 Å². The van der Waals surface area contributed by atoms with Gasteiger partial charge in [0.1, 0.15) is 5.92 Å². The van der Waals surface area contributed by atoms with Gasteiger partial charge in [0, 0.05) is 6.42 Å². The van der Waals surface area contributed by atoms with Crippen LogP contribution in [0.1, 0.15) is 6.42 Å². The topological polar surface area (TPSA) is 37.3 Å². The molecule has 2 nitrogen and oxygen atoms in total. The van der Waals surface area contributed by atoms with Crippen LogP contribution in [0.15, 0.2) is 0 Å². The highest BCUT2D eigenvalue weighted by Crippen LogP contribution is 2.56. The van der Waals surface area contributed by atoms with E-state index in [0.717, 1.165) is 0 Å². The molecule has 0 amide bonds. The van der Waals surface area contributed by atoms with Gasteiger partial charge >= 0.3 is 5.97 Å². The molecular weight excluding hydrogens is 184 g/mol. The second-order valence-electron chi connectivity index (χ2n) is 2.42. The molecule has 0 aromatic rings. The molecule has 1 N–H and O–H groups in total. The van der Waals surface area contributed by atoms with Gasteiger partial charge in [-0.15, -0.1) is 0 Å². The molecule has 2 unspecified atom stereocenters. The fourth-order valence-corrected chi connectivity index (χ4v) is 1.13. The maximum Gasteiger partial charge on any atom is 0.311 e. The fraction of sp³-hybridized carbons (Fsp3) is 0.800. The number of carbonyl (C=O) groups is 1. The summed E-state index contributed by atoms with van der Waals surface area (Å²) in [7, 11) is 0. The van der Waals surface area contributed by atoms with Crippen LogP contribution in [0, 0.1) is 5.92 Å².